The summed E-state index contributed by atoms with van der Waals surface area (Å²) >= 11 is 0. The largest absolute Gasteiger partial charge is 0.378 e. The van der Waals surface area contributed by atoms with Crippen LogP contribution in [0.4, 0.5) is 0 Å². The second kappa shape index (κ2) is 4.43. The first-order valence-corrected chi connectivity index (χ1v) is 5.67. The van der Waals surface area contributed by atoms with E-state index < -0.39 is 0 Å². The van der Waals surface area contributed by atoms with Crippen molar-refractivity contribution in [3.05, 3.63) is 0 Å². The van der Waals surface area contributed by atoms with Crippen molar-refractivity contribution in [1.82, 2.24) is 5.32 Å². The Morgan fingerprint density at radius 3 is 2.69 bits per heavy atom. The molecule has 0 saturated carbocycles. The quantitative estimate of drug-likeness (QED) is 0.705. The maximum atomic E-state index is 5.75. The predicted molar refractivity (Wildman–Crippen MR) is 53.7 cm³/mol. The molecular weight excluding hydrogens is 162 g/mol. The van der Waals surface area contributed by atoms with Crippen LogP contribution in [0.25, 0.3) is 0 Å². The van der Waals surface area contributed by atoms with Crippen LogP contribution in [0.5, 0.6) is 0 Å². The molecule has 0 aromatic carbocycles. The zero-order chi connectivity index (χ0) is 9.10. The fraction of sp³-hybridized carbons (Fsp3) is 1.00. The highest BCUT2D eigenvalue weighted by Gasteiger charge is 2.25. The van der Waals surface area contributed by atoms with E-state index in [0.717, 1.165) is 18.4 Å². The van der Waals surface area contributed by atoms with Gasteiger partial charge in [-0.15, -0.1) is 0 Å². The fourth-order valence-corrected chi connectivity index (χ4v) is 2.54. The maximum absolute atomic E-state index is 5.75. The van der Waals surface area contributed by atoms with Crippen LogP contribution in [-0.4, -0.2) is 25.8 Å². The molecular formula is C11H21NO. The molecule has 0 aliphatic carbocycles. The van der Waals surface area contributed by atoms with Crippen LogP contribution in [-0.2, 0) is 4.74 Å². The normalized spacial score (nSPS) is 36.7. The molecule has 2 rings (SSSR count). The van der Waals surface area contributed by atoms with Crippen LogP contribution in [0.15, 0.2) is 0 Å². The van der Waals surface area contributed by atoms with Gasteiger partial charge in [0, 0.05) is 6.61 Å². The van der Waals surface area contributed by atoms with Crippen LogP contribution >= 0.6 is 0 Å². The Morgan fingerprint density at radius 2 is 2.08 bits per heavy atom. The molecule has 0 bridgehead atoms. The van der Waals surface area contributed by atoms with Crippen molar-refractivity contribution in [2.45, 2.75) is 38.7 Å². The third-order valence-corrected chi connectivity index (χ3v) is 3.34. The van der Waals surface area contributed by atoms with Gasteiger partial charge in [-0.25, -0.2) is 0 Å². The van der Waals surface area contributed by atoms with Crippen LogP contribution < -0.4 is 5.32 Å². The summed E-state index contributed by atoms with van der Waals surface area (Å²) in [5.74, 6) is 1.73. The standard InChI is InChI=1S/C11H21NO/c1-9-6-11(13-8-9)7-10-2-4-12-5-3-10/h9-12H,2-8H2,1H3. The summed E-state index contributed by atoms with van der Waals surface area (Å²) in [7, 11) is 0. The van der Waals surface area contributed by atoms with E-state index in [9.17, 15) is 0 Å². The minimum atomic E-state index is 0.582. The van der Waals surface area contributed by atoms with Gasteiger partial charge in [-0.1, -0.05) is 6.92 Å². The van der Waals surface area contributed by atoms with Crippen molar-refractivity contribution in [3.8, 4) is 0 Å². The first-order chi connectivity index (χ1) is 6.34. The topological polar surface area (TPSA) is 21.3 Å². The van der Waals surface area contributed by atoms with E-state index in [1.165, 1.54) is 38.8 Å². The van der Waals surface area contributed by atoms with Crippen molar-refractivity contribution < 1.29 is 4.74 Å². The SMILES string of the molecule is CC1COC(CC2CCNCC2)C1. The summed E-state index contributed by atoms with van der Waals surface area (Å²) < 4.78 is 5.75. The smallest absolute Gasteiger partial charge is 0.0581 e. The second-order valence-electron chi connectivity index (χ2n) is 4.73. The second-order valence-corrected chi connectivity index (χ2v) is 4.73. The van der Waals surface area contributed by atoms with Gasteiger partial charge >= 0.3 is 0 Å². The molecule has 0 aromatic heterocycles. The molecule has 2 saturated heterocycles. The molecule has 2 aliphatic heterocycles. The average molecular weight is 183 g/mol. The fourth-order valence-electron chi connectivity index (χ4n) is 2.54. The molecule has 0 amide bonds. The predicted octanol–water partition coefficient (Wildman–Crippen LogP) is 1.80. The first kappa shape index (κ1) is 9.47. The summed E-state index contributed by atoms with van der Waals surface area (Å²) in [6, 6.07) is 0. The van der Waals surface area contributed by atoms with E-state index >= 15 is 0 Å². The molecule has 76 valence electrons. The molecule has 1 N–H and O–H groups in total. The van der Waals surface area contributed by atoms with Gasteiger partial charge in [0.25, 0.3) is 0 Å². The van der Waals surface area contributed by atoms with Crippen LogP contribution in [0, 0.1) is 11.8 Å². The molecule has 2 atom stereocenters. The van der Waals surface area contributed by atoms with Gasteiger partial charge in [0.15, 0.2) is 0 Å². The number of ether oxygens (including phenoxy) is 1. The monoisotopic (exact) mass is 183 g/mol. The Hall–Kier alpha value is -0.0800. The summed E-state index contributed by atoms with van der Waals surface area (Å²) in [6.07, 6.45) is 5.90. The van der Waals surface area contributed by atoms with E-state index in [0.29, 0.717) is 6.10 Å². The highest BCUT2D eigenvalue weighted by Crippen LogP contribution is 2.27. The lowest BCUT2D eigenvalue weighted by Crippen LogP contribution is -2.29. The number of nitrogens with one attached hydrogen (secondary N) is 1. The first-order valence-electron chi connectivity index (χ1n) is 5.67. The summed E-state index contributed by atoms with van der Waals surface area (Å²) in [6.45, 7) is 5.72. The van der Waals surface area contributed by atoms with E-state index in [4.69, 9.17) is 4.74 Å². The van der Waals surface area contributed by atoms with Gasteiger partial charge in [-0.05, 0) is 50.6 Å². The lowest BCUT2D eigenvalue weighted by Gasteiger charge is -2.24. The van der Waals surface area contributed by atoms with Crippen molar-refractivity contribution in [3.63, 3.8) is 0 Å². The maximum Gasteiger partial charge on any atom is 0.0581 e. The van der Waals surface area contributed by atoms with Crippen LogP contribution in [0.2, 0.25) is 0 Å². The summed E-state index contributed by atoms with van der Waals surface area (Å²) in [5.41, 5.74) is 0. The van der Waals surface area contributed by atoms with E-state index in [1.54, 1.807) is 0 Å². The average Bonchev–Trinajstić information content (AvgIpc) is 2.53. The van der Waals surface area contributed by atoms with Crippen molar-refractivity contribution in [2.75, 3.05) is 19.7 Å². The summed E-state index contributed by atoms with van der Waals surface area (Å²) in [5, 5.41) is 3.41. The molecule has 0 aromatic rings. The van der Waals surface area contributed by atoms with E-state index in [1.807, 2.05) is 0 Å². The Morgan fingerprint density at radius 1 is 1.31 bits per heavy atom. The molecule has 2 heteroatoms. The lowest BCUT2D eigenvalue weighted by molar-refractivity contribution is 0.0820. The molecule has 13 heavy (non-hydrogen) atoms. The van der Waals surface area contributed by atoms with Gasteiger partial charge in [0.05, 0.1) is 6.10 Å². The van der Waals surface area contributed by atoms with Gasteiger partial charge in [-0.2, -0.15) is 0 Å². The van der Waals surface area contributed by atoms with Crippen molar-refractivity contribution in [1.29, 1.82) is 0 Å². The van der Waals surface area contributed by atoms with Crippen LogP contribution in [0.1, 0.15) is 32.6 Å². The van der Waals surface area contributed by atoms with Crippen LogP contribution in [0.3, 0.4) is 0 Å². The van der Waals surface area contributed by atoms with Crippen molar-refractivity contribution in [2.24, 2.45) is 11.8 Å². The van der Waals surface area contributed by atoms with Gasteiger partial charge < -0.3 is 10.1 Å². The Bertz CT molecular complexity index is 151. The molecule has 0 radical (unpaired) electrons. The Labute approximate surface area is 81.0 Å². The number of piperidine rings is 1. The summed E-state index contributed by atoms with van der Waals surface area (Å²) in [4.78, 5) is 0. The minimum Gasteiger partial charge on any atom is -0.378 e. The lowest BCUT2D eigenvalue weighted by atomic mass is 9.90. The minimum absolute atomic E-state index is 0.582. The zero-order valence-corrected chi connectivity index (χ0v) is 8.59. The third kappa shape index (κ3) is 2.68. The number of rotatable bonds is 2. The van der Waals surface area contributed by atoms with Crippen molar-refractivity contribution >= 4 is 0 Å². The molecule has 2 heterocycles. The zero-order valence-electron chi connectivity index (χ0n) is 8.59. The highest BCUT2D eigenvalue weighted by atomic mass is 16.5. The Balaban J connectivity index is 1.71. The van der Waals surface area contributed by atoms with E-state index in [-0.39, 0.29) is 0 Å². The highest BCUT2D eigenvalue weighted by molar-refractivity contribution is 4.76. The van der Waals surface area contributed by atoms with Gasteiger partial charge in [-0.3, -0.25) is 0 Å². The molecule has 2 nitrogen and oxygen atoms in total. The van der Waals surface area contributed by atoms with E-state index in [2.05, 4.69) is 12.2 Å². The number of hydrogen-bond donors (Lipinski definition) is 1. The molecule has 2 fully saturated rings. The van der Waals surface area contributed by atoms with Gasteiger partial charge in [0.1, 0.15) is 0 Å². The molecule has 2 unspecified atom stereocenters. The Kier molecular flexibility index (Phi) is 3.23. The molecule has 2 aliphatic rings. The number of hydrogen-bond acceptors (Lipinski definition) is 2. The third-order valence-electron chi connectivity index (χ3n) is 3.34. The molecule has 0 spiro atoms. The van der Waals surface area contributed by atoms with Gasteiger partial charge in [0.2, 0.25) is 0 Å².